The Bertz CT molecular complexity index is 944. The highest BCUT2D eigenvalue weighted by atomic mass is 32.3. The summed E-state index contributed by atoms with van der Waals surface area (Å²) < 4.78 is 47.3. The molecule has 25 heavy (non-hydrogen) atoms. The van der Waals surface area contributed by atoms with Crippen LogP contribution in [0.3, 0.4) is 0 Å². The second kappa shape index (κ2) is 7.59. The zero-order valence-electron chi connectivity index (χ0n) is 13.6. The van der Waals surface area contributed by atoms with E-state index in [1.54, 1.807) is 13.0 Å². The van der Waals surface area contributed by atoms with E-state index in [9.17, 15) is 26.9 Å². The maximum absolute atomic E-state index is 12.7. The van der Waals surface area contributed by atoms with Crippen LogP contribution in [0.2, 0.25) is 0 Å². The molecule has 1 N–H and O–H groups in total. The fourth-order valence-corrected chi connectivity index (χ4v) is 6.72. The van der Waals surface area contributed by atoms with Gasteiger partial charge in [-0.2, -0.15) is 5.26 Å². The third-order valence-electron chi connectivity index (χ3n) is 3.73. The number of carboxylic acid groups (broad SMARTS) is 1. The van der Waals surface area contributed by atoms with Crippen LogP contribution in [0.1, 0.15) is 32.3 Å². The number of carbonyl (C=O) groups is 1. The zero-order valence-corrected chi connectivity index (χ0v) is 16.0. The maximum atomic E-state index is 12.7. The Morgan fingerprint density at radius 2 is 1.84 bits per heavy atom. The fraction of sp³-hybridized carbons (Fsp3) is 0.400. The molecule has 1 aromatic rings. The molecule has 136 valence electrons. The van der Waals surface area contributed by atoms with Gasteiger partial charge in [-0.05, 0) is 31.4 Å². The second-order valence-corrected chi connectivity index (χ2v) is 10.8. The highest BCUT2D eigenvalue weighted by molar-refractivity contribution is 8.41. The Morgan fingerprint density at radius 3 is 2.32 bits per heavy atom. The number of carboxylic acids is 1. The Morgan fingerprint density at radius 1 is 1.28 bits per heavy atom. The zero-order chi connectivity index (χ0) is 19.5. The van der Waals surface area contributed by atoms with E-state index in [-0.39, 0.29) is 4.90 Å². The van der Waals surface area contributed by atoms with E-state index < -0.39 is 46.8 Å². The summed E-state index contributed by atoms with van der Waals surface area (Å²) in [5, 5.41) is 18.0. The molecule has 1 atom stereocenters. The summed E-state index contributed by atoms with van der Waals surface area (Å²) in [6, 6.07) is 7.34. The van der Waals surface area contributed by atoms with Gasteiger partial charge in [0.1, 0.15) is 0 Å². The lowest BCUT2D eigenvalue weighted by atomic mass is 10.1. The number of sulfone groups is 2. The first-order chi connectivity index (χ1) is 11.4. The van der Waals surface area contributed by atoms with E-state index in [4.69, 9.17) is 17.3 Å². The van der Waals surface area contributed by atoms with Crippen molar-refractivity contribution in [1.29, 1.82) is 5.26 Å². The average molecular weight is 404 g/mol. The van der Waals surface area contributed by atoms with Crippen molar-refractivity contribution in [3.8, 4) is 6.07 Å². The molecule has 0 bridgehead atoms. The molecule has 0 saturated carbocycles. The van der Waals surface area contributed by atoms with E-state index in [1.807, 2.05) is 0 Å². The Labute approximate surface area is 152 Å². The van der Waals surface area contributed by atoms with Crippen LogP contribution in [-0.4, -0.2) is 36.2 Å². The molecule has 10 heteroatoms. The third kappa shape index (κ3) is 4.05. The number of hydrogen-bond acceptors (Lipinski definition) is 7. The highest BCUT2D eigenvalue weighted by Gasteiger charge is 2.47. The molecule has 0 aliphatic carbocycles. The van der Waals surface area contributed by atoms with Gasteiger partial charge in [-0.25, -0.2) is 16.8 Å². The van der Waals surface area contributed by atoms with Crippen LogP contribution in [0, 0.1) is 11.3 Å². The highest BCUT2D eigenvalue weighted by Crippen LogP contribution is 2.30. The summed E-state index contributed by atoms with van der Waals surface area (Å²) in [6.45, 7) is 2.68. The van der Waals surface area contributed by atoms with Crippen LogP contribution in [0.5, 0.6) is 0 Å². The molecule has 0 radical (unpaired) electrons. The smallest absolute Gasteiger partial charge is 0.303 e. The molecular formula is C15H17NO6S3. The second-order valence-electron chi connectivity index (χ2n) is 5.45. The van der Waals surface area contributed by atoms with E-state index in [1.165, 1.54) is 24.3 Å². The van der Waals surface area contributed by atoms with E-state index in [0.29, 0.717) is 12.0 Å². The standard InChI is InChI=1S/C15H17NO6S3/c1-3-11-6-4-5-7-12(11)24(19,20)14(23)25(21,22)15(2,10-16)9-8-13(17)18/h4-7H,3,8-9H2,1-2H3,(H,17,18). The number of hydrogen-bond donors (Lipinski definition) is 1. The molecule has 0 spiro atoms. The van der Waals surface area contributed by atoms with Gasteiger partial charge in [-0.15, -0.1) is 0 Å². The topological polar surface area (TPSA) is 129 Å². The summed E-state index contributed by atoms with van der Waals surface area (Å²) >= 11 is 4.74. The molecule has 1 unspecified atom stereocenters. The molecule has 0 heterocycles. The minimum atomic E-state index is -4.76. The summed E-state index contributed by atoms with van der Waals surface area (Å²) in [4.78, 5) is 10.5. The quantitative estimate of drug-likeness (QED) is 0.713. The monoisotopic (exact) mass is 403 g/mol. The molecule has 0 aliphatic rings. The van der Waals surface area contributed by atoms with Gasteiger partial charge in [-0.1, -0.05) is 37.3 Å². The molecule has 7 nitrogen and oxygen atoms in total. The number of nitrogens with zero attached hydrogens (tertiary/aromatic N) is 1. The van der Waals surface area contributed by atoms with Gasteiger partial charge < -0.3 is 5.11 Å². The van der Waals surface area contributed by atoms with Crippen molar-refractivity contribution in [2.24, 2.45) is 0 Å². The lowest BCUT2D eigenvalue weighted by molar-refractivity contribution is -0.137. The summed E-state index contributed by atoms with van der Waals surface area (Å²) in [7, 11) is -9.28. The van der Waals surface area contributed by atoms with Crippen LogP contribution in [0.4, 0.5) is 0 Å². The van der Waals surface area contributed by atoms with Crippen molar-refractivity contribution in [2.45, 2.75) is 42.8 Å². The number of aryl methyl sites for hydroxylation is 1. The lowest BCUT2D eigenvalue weighted by Gasteiger charge is -2.21. The maximum Gasteiger partial charge on any atom is 0.303 e. The van der Waals surface area contributed by atoms with Gasteiger partial charge in [0.25, 0.3) is 0 Å². The average Bonchev–Trinajstić information content (AvgIpc) is 2.58. The van der Waals surface area contributed by atoms with Gasteiger partial charge in [0, 0.05) is 6.42 Å². The normalized spacial score (nSPS) is 14.3. The van der Waals surface area contributed by atoms with Gasteiger partial charge in [0.15, 0.2) is 4.75 Å². The first-order valence-corrected chi connectivity index (χ1v) is 10.6. The van der Waals surface area contributed by atoms with Crippen molar-refractivity contribution in [3.05, 3.63) is 29.8 Å². The van der Waals surface area contributed by atoms with Gasteiger partial charge in [0.2, 0.25) is 23.2 Å². The van der Waals surface area contributed by atoms with Crippen LogP contribution < -0.4 is 0 Å². The molecule has 0 aromatic heterocycles. The molecule has 1 rings (SSSR count). The van der Waals surface area contributed by atoms with Crippen molar-refractivity contribution in [3.63, 3.8) is 0 Å². The fourth-order valence-electron chi connectivity index (χ4n) is 2.07. The minimum Gasteiger partial charge on any atom is -0.481 e. The Kier molecular flexibility index (Phi) is 6.44. The van der Waals surface area contributed by atoms with Crippen molar-refractivity contribution in [1.82, 2.24) is 0 Å². The molecule has 0 saturated heterocycles. The Balaban J connectivity index is 3.45. The van der Waals surface area contributed by atoms with Crippen LogP contribution in [0.25, 0.3) is 0 Å². The third-order valence-corrected chi connectivity index (χ3v) is 9.70. The molecular weight excluding hydrogens is 386 g/mol. The van der Waals surface area contributed by atoms with Crippen LogP contribution >= 0.6 is 12.2 Å². The Hall–Kier alpha value is -1.83. The van der Waals surface area contributed by atoms with Crippen LogP contribution in [0.15, 0.2) is 29.2 Å². The summed E-state index contributed by atoms with van der Waals surface area (Å²) in [6.07, 6.45) is -0.851. The summed E-state index contributed by atoms with van der Waals surface area (Å²) in [5.74, 6) is -1.30. The predicted molar refractivity (Wildman–Crippen MR) is 95.4 cm³/mol. The first-order valence-electron chi connectivity index (χ1n) is 7.18. The number of nitriles is 1. The van der Waals surface area contributed by atoms with E-state index >= 15 is 0 Å². The van der Waals surface area contributed by atoms with Crippen LogP contribution in [-0.2, 0) is 30.9 Å². The van der Waals surface area contributed by atoms with Gasteiger partial charge in [-0.3, -0.25) is 4.79 Å². The molecule has 0 aliphatic heterocycles. The SMILES string of the molecule is CCc1ccccc1S(=O)(=O)C(=S)S(=O)(=O)C(C)(C#N)CCC(=O)O. The number of rotatable bonds is 6. The molecule has 0 fully saturated rings. The van der Waals surface area contributed by atoms with Crippen molar-refractivity contribution >= 4 is 41.4 Å². The summed E-state index contributed by atoms with van der Waals surface area (Å²) in [5.41, 5.74) is 0.393. The van der Waals surface area contributed by atoms with Gasteiger partial charge in [0.05, 0.1) is 11.0 Å². The first kappa shape index (κ1) is 21.2. The number of aliphatic carboxylic acids is 1. The molecule has 0 amide bonds. The number of thiocarbonyl (C=S) groups is 1. The van der Waals surface area contributed by atoms with E-state index in [2.05, 4.69) is 0 Å². The molecule has 1 aromatic carbocycles. The van der Waals surface area contributed by atoms with Crippen molar-refractivity contribution < 1.29 is 26.7 Å². The number of benzene rings is 1. The predicted octanol–water partition coefficient (Wildman–Crippen LogP) is 1.87. The van der Waals surface area contributed by atoms with Gasteiger partial charge >= 0.3 is 5.97 Å². The minimum absolute atomic E-state index is 0.232. The largest absolute Gasteiger partial charge is 0.481 e. The lowest BCUT2D eigenvalue weighted by Crippen LogP contribution is -2.41. The van der Waals surface area contributed by atoms with E-state index in [0.717, 1.165) is 6.92 Å². The van der Waals surface area contributed by atoms with Crippen molar-refractivity contribution in [2.75, 3.05) is 0 Å².